The fourth-order valence-electron chi connectivity index (χ4n) is 4.30. The Morgan fingerprint density at radius 2 is 1.76 bits per heavy atom. The second kappa shape index (κ2) is 8.42. The summed E-state index contributed by atoms with van der Waals surface area (Å²) in [6.07, 6.45) is 4.34. The molecular formula is C21H26N4O4. The number of piperidine rings is 2. The summed E-state index contributed by atoms with van der Waals surface area (Å²) in [6.45, 7) is 3.03. The van der Waals surface area contributed by atoms with E-state index in [9.17, 15) is 19.2 Å². The highest BCUT2D eigenvalue weighted by Crippen LogP contribution is 2.28. The predicted molar refractivity (Wildman–Crippen MR) is 105 cm³/mol. The Morgan fingerprint density at radius 3 is 2.52 bits per heavy atom. The van der Waals surface area contributed by atoms with Gasteiger partial charge in [0.1, 0.15) is 6.04 Å². The lowest BCUT2D eigenvalue weighted by atomic mass is 10.0. The van der Waals surface area contributed by atoms with E-state index >= 15 is 0 Å². The quantitative estimate of drug-likeness (QED) is 0.472. The molecule has 0 aromatic heterocycles. The number of imide groups is 2. The molecule has 2 fully saturated rings. The van der Waals surface area contributed by atoms with E-state index in [1.54, 1.807) is 12.1 Å². The number of nitrogens with one attached hydrogen (secondary N) is 3. The predicted octanol–water partition coefficient (Wildman–Crippen LogP) is 0.362. The van der Waals surface area contributed by atoms with Crippen LogP contribution in [0.1, 0.15) is 58.4 Å². The third-order valence-electron chi connectivity index (χ3n) is 5.92. The molecule has 3 heterocycles. The third-order valence-corrected chi connectivity index (χ3v) is 5.92. The zero-order valence-electron chi connectivity index (χ0n) is 16.3. The first-order chi connectivity index (χ1) is 14.0. The van der Waals surface area contributed by atoms with Gasteiger partial charge in [0, 0.05) is 12.5 Å². The van der Waals surface area contributed by atoms with E-state index in [0.29, 0.717) is 17.2 Å². The van der Waals surface area contributed by atoms with E-state index in [2.05, 4.69) is 16.0 Å². The molecule has 154 valence electrons. The van der Waals surface area contributed by atoms with Crippen LogP contribution in [0.3, 0.4) is 0 Å². The van der Waals surface area contributed by atoms with E-state index in [1.807, 2.05) is 6.07 Å². The molecule has 4 rings (SSSR count). The summed E-state index contributed by atoms with van der Waals surface area (Å²) in [6, 6.07) is 4.97. The van der Waals surface area contributed by atoms with Gasteiger partial charge in [0.2, 0.25) is 11.8 Å². The minimum absolute atomic E-state index is 0.124. The lowest BCUT2D eigenvalue weighted by Gasteiger charge is -2.27. The Hall–Kier alpha value is -2.58. The van der Waals surface area contributed by atoms with Crippen molar-refractivity contribution in [1.82, 2.24) is 20.9 Å². The number of fused-ring (bicyclic) bond motifs is 1. The van der Waals surface area contributed by atoms with Crippen molar-refractivity contribution in [1.29, 1.82) is 0 Å². The van der Waals surface area contributed by atoms with Gasteiger partial charge in [-0.25, -0.2) is 0 Å². The SMILES string of the molecule is O=C1CCC(N2C(=O)c3ccc(CCCNC4CCNCC4)cc3C2=O)C(=O)N1. The zero-order chi connectivity index (χ0) is 20.4. The summed E-state index contributed by atoms with van der Waals surface area (Å²) < 4.78 is 0. The Morgan fingerprint density at radius 1 is 1.00 bits per heavy atom. The van der Waals surface area contributed by atoms with Gasteiger partial charge in [-0.3, -0.25) is 29.4 Å². The molecule has 8 nitrogen and oxygen atoms in total. The fourth-order valence-corrected chi connectivity index (χ4v) is 4.30. The van der Waals surface area contributed by atoms with E-state index < -0.39 is 23.8 Å². The van der Waals surface area contributed by atoms with Crippen molar-refractivity contribution in [2.75, 3.05) is 19.6 Å². The highest BCUT2D eigenvalue weighted by Gasteiger charge is 2.44. The van der Waals surface area contributed by atoms with Crippen LogP contribution < -0.4 is 16.0 Å². The van der Waals surface area contributed by atoms with Crippen LogP contribution in [-0.2, 0) is 16.0 Å². The molecule has 1 aromatic rings. The number of nitrogens with zero attached hydrogens (tertiary/aromatic N) is 1. The van der Waals surface area contributed by atoms with Gasteiger partial charge in [-0.05, 0) is 69.4 Å². The average molecular weight is 398 g/mol. The van der Waals surface area contributed by atoms with Crippen LogP contribution in [-0.4, -0.2) is 60.2 Å². The molecule has 3 aliphatic heterocycles. The molecule has 0 spiro atoms. The Balaban J connectivity index is 1.38. The van der Waals surface area contributed by atoms with Crippen molar-refractivity contribution in [2.45, 2.75) is 50.6 Å². The summed E-state index contributed by atoms with van der Waals surface area (Å²) in [7, 11) is 0. The van der Waals surface area contributed by atoms with E-state index in [-0.39, 0.29) is 18.7 Å². The zero-order valence-corrected chi connectivity index (χ0v) is 16.3. The molecule has 29 heavy (non-hydrogen) atoms. The van der Waals surface area contributed by atoms with Gasteiger partial charge < -0.3 is 10.6 Å². The van der Waals surface area contributed by atoms with Crippen LogP contribution in [0.5, 0.6) is 0 Å². The van der Waals surface area contributed by atoms with Crippen LogP contribution in [0.25, 0.3) is 0 Å². The summed E-state index contributed by atoms with van der Waals surface area (Å²) in [5.41, 5.74) is 1.68. The third kappa shape index (κ3) is 4.09. The Kier molecular flexibility index (Phi) is 5.73. The molecule has 0 bridgehead atoms. The highest BCUT2D eigenvalue weighted by atomic mass is 16.2. The number of carbonyl (C=O) groups excluding carboxylic acids is 4. The van der Waals surface area contributed by atoms with E-state index in [4.69, 9.17) is 0 Å². The number of rotatable bonds is 6. The number of benzene rings is 1. The maximum absolute atomic E-state index is 12.8. The number of hydrogen-bond acceptors (Lipinski definition) is 6. The van der Waals surface area contributed by atoms with E-state index in [1.165, 1.54) is 0 Å². The highest BCUT2D eigenvalue weighted by molar-refractivity contribution is 6.23. The van der Waals surface area contributed by atoms with Gasteiger partial charge in [0.15, 0.2) is 0 Å². The second-order valence-corrected chi connectivity index (χ2v) is 7.91. The molecule has 0 saturated carbocycles. The van der Waals surface area contributed by atoms with Crippen LogP contribution in [0.4, 0.5) is 0 Å². The van der Waals surface area contributed by atoms with Crippen molar-refractivity contribution in [3.63, 3.8) is 0 Å². The second-order valence-electron chi connectivity index (χ2n) is 7.91. The fraction of sp³-hybridized carbons (Fsp3) is 0.524. The standard InChI is InChI=1S/C21H26N4O4/c26-18-6-5-17(19(27)24-18)25-20(28)15-4-3-13(12-16(15)21(25)29)2-1-9-23-14-7-10-22-11-8-14/h3-4,12,14,17,22-23H,1-2,5-11H2,(H,24,26,27). The smallest absolute Gasteiger partial charge is 0.262 e. The molecule has 1 unspecified atom stereocenters. The van der Waals surface area contributed by atoms with Crippen molar-refractivity contribution < 1.29 is 19.2 Å². The normalized spacial score (nSPS) is 22.8. The minimum atomic E-state index is -0.919. The maximum atomic E-state index is 12.8. The summed E-state index contributed by atoms with van der Waals surface area (Å²) in [4.78, 5) is 50.0. The van der Waals surface area contributed by atoms with Crippen LogP contribution >= 0.6 is 0 Å². The van der Waals surface area contributed by atoms with Crippen molar-refractivity contribution in [2.24, 2.45) is 0 Å². The number of hydrogen-bond donors (Lipinski definition) is 3. The van der Waals surface area contributed by atoms with Crippen molar-refractivity contribution in [3.05, 3.63) is 34.9 Å². The number of aryl methyl sites for hydroxylation is 1. The molecule has 8 heteroatoms. The first-order valence-corrected chi connectivity index (χ1v) is 10.3. The van der Waals surface area contributed by atoms with Crippen LogP contribution in [0.15, 0.2) is 18.2 Å². The molecule has 3 aliphatic rings. The summed E-state index contributed by atoms with van der Waals surface area (Å²) in [5, 5.41) is 9.14. The minimum Gasteiger partial charge on any atom is -0.317 e. The molecular weight excluding hydrogens is 372 g/mol. The lowest BCUT2D eigenvalue weighted by molar-refractivity contribution is -0.136. The van der Waals surface area contributed by atoms with Crippen LogP contribution in [0, 0.1) is 0 Å². The average Bonchev–Trinajstić information content (AvgIpc) is 2.96. The lowest BCUT2D eigenvalue weighted by Crippen LogP contribution is -2.54. The van der Waals surface area contributed by atoms with Gasteiger partial charge in [-0.15, -0.1) is 0 Å². The first kappa shape index (κ1) is 19.7. The summed E-state index contributed by atoms with van der Waals surface area (Å²) >= 11 is 0. The molecule has 1 aromatic carbocycles. The van der Waals surface area contributed by atoms with Gasteiger partial charge in [-0.2, -0.15) is 0 Å². The summed E-state index contributed by atoms with van der Waals surface area (Å²) in [5.74, 6) is -1.86. The number of amides is 4. The molecule has 0 radical (unpaired) electrons. The molecule has 2 saturated heterocycles. The maximum Gasteiger partial charge on any atom is 0.262 e. The van der Waals surface area contributed by atoms with Gasteiger partial charge in [-0.1, -0.05) is 6.07 Å². The van der Waals surface area contributed by atoms with Gasteiger partial charge in [0.25, 0.3) is 11.8 Å². The van der Waals surface area contributed by atoms with Crippen LogP contribution in [0.2, 0.25) is 0 Å². The first-order valence-electron chi connectivity index (χ1n) is 10.3. The Bertz CT molecular complexity index is 847. The van der Waals surface area contributed by atoms with E-state index in [0.717, 1.165) is 55.8 Å². The van der Waals surface area contributed by atoms with Gasteiger partial charge >= 0.3 is 0 Å². The largest absolute Gasteiger partial charge is 0.317 e. The van der Waals surface area contributed by atoms with Gasteiger partial charge in [0.05, 0.1) is 11.1 Å². The molecule has 4 amide bonds. The monoisotopic (exact) mass is 398 g/mol. The molecule has 0 aliphatic carbocycles. The molecule has 1 atom stereocenters. The van der Waals surface area contributed by atoms with Crippen molar-refractivity contribution >= 4 is 23.6 Å². The molecule has 3 N–H and O–H groups in total. The van der Waals surface area contributed by atoms with Crippen molar-refractivity contribution in [3.8, 4) is 0 Å². The Labute approximate surface area is 169 Å². The topological polar surface area (TPSA) is 108 Å². The number of carbonyl (C=O) groups is 4.